The van der Waals surface area contributed by atoms with Gasteiger partial charge < -0.3 is 10.1 Å². The van der Waals surface area contributed by atoms with Gasteiger partial charge in [0.1, 0.15) is 5.75 Å². The zero-order valence-corrected chi connectivity index (χ0v) is 12.5. The van der Waals surface area contributed by atoms with Crippen LogP contribution < -0.4 is 10.1 Å². The number of piperazine rings is 1. The Labute approximate surface area is 122 Å². The Hall–Kier alpha value is -0.480. The molecule has 104 valence electrons. The summed E-state index contributed by atoms with van der Waals surface area (Å²) in [4.78, 5) is 2.51. The lowest BCUT2D eigenvalue weighted by molar-refractivity contribution is 0.185. The SMILES string of the molecule is COc1ccc([C@@H](C)N2CCNCC2)cc1.Cl.Cl. The van der Waals surface area contributed by atoms with Crippen LogP contribution in [0.2, 0.25) is 0 Å². The molecular formula is C13H22Cl2N2O. The van der Waals surface area contributed by atoms with Crippen molar-refractivity contribution in [3.8, 4) is 5.75 Å². The van der Waals surface area contributed by atoms with Crippen molar-refractivity contribution in [1.29, 1.82) is 0 Å². The molecule has 0 aromatic heterocycles. The van der Waals surface area contributed by atoms with E-state index in [2.05, 4.69) is 29.3 Å². The number of hydrogen-bond donors (Lipinski definition) is 1. The summed E-state index contributed by atoms with van der Waals surface area (Å²) < 4.78 is 5.17. The predicted octanol–water partition coefficient (Wildman–Crippen LogP) is 2.51. The molecule has 0 saturated carbocycles. The zero-order valence-electron chi connectivity index (χ0n) is 10.9. The van der Waals surface area contributed by atoms with Crippen molar-refractivity contribution in [2.75, 3.05) is 33.3 Å². The first-order chi connectivity index (χ1) is 7.81. The van der Waals surface area contributed by atoms with Crippen LogP contribution in [0.3, 0.4) is 0 Å². The maximum Gasteiger partial charge on any atom is 0.118 e. The minimum absolute atomic E-state index is 0. The number of rotatable bonds is 3. The van der Waals surface area contributed by atoms with E-state index in [0.29, 0.717) is 6.04 Å². The van der Waals surface area contributed by atoms with E-state index in [1.807, 2.05) is 12.1 Å². The Morgan fingerprint density at radius 3 is 2.17 bits per heavy atom. The Morgan fingerprint density at radius 2 is 1.67 bits per heavy atom. The molecule has 1 aromatic rings. The predicted molar refractivity (Wildman–Crippen MR) is 80.3 cm³/mol. The first-order valence-electron chi connectivity index (χ1n) is 5.90. The molecule has 0 amide bonds. The van der Waals surface area contributed by atoms with Gasteiger partial charge in [0, 0.05) is 32.2 Å². The molecule has 1 aromatic carbocycles. The molecule has 5 heteroatoms. The highest BCUT2D eigenvalue weighted by atomic mass is 35.5. The molecule has 1 fully saturated rings. The molecule has 0 unspecified atom stereocenters. The molecular weight excluding hydrogens is 271 g/mol. The fourth-order valence-electron chi connectivity index (χ4n) is 2.16. The molecule has 1 atom stereocenters. The van der Waals surface area contributed by atoms with Gasteiger partial charge in [0.05, 0.1) is 7.11 Å². The van der Waals surface area contributed by atoms with Gasteiger partial charge in [-0.25, -0.2) is 0 Å². The van der Waals surface area contributed by atoms with Crippen LogP contribution in [0.5, 0.6) is 5.75 Å². The van der Waals surface area contributed by atoms with Crippen molar-refractivity contribution in [1.82, 2.24) is 10.2 Å². The first kappa shape index (κ1) is 17.5. The van der Waals surface area contributed by atoms with Crippen molar-refractivity contribution >= 4 is 24.8 Å². The van der Waals surface area contributed by atoms with Crippen LogP contribution in [0.1, 0.15) is 18.5 Å². The Morgan fingerprint density at radius 1 is 1.11 bits per heavy atom. The summed E-state index contributed by atoms with van der Waals surface area (Å²) in [5.41, 5.74) is 1.36. The Kier molecular flexibility index (Phi) is 8.36. The van der Waals surface area contributed by atoms with Crippen LogP contribution in [0.4, 0.5) is 0 Å². The third-order valence-electron chi connectivity index (χ3n) is 3.30. The molecule has 1 heterocycles. The fourth-order valence-corrected chi connectivity index (χ4v) is 2.16. The van der Waals surface area contributed by atoms with Crippen LogP contribution in [0, 0.1) is 0 Å². The maximum absolute atomic E-state index is 5.17. The summed E-state index contributed by atoms with van der Waals surface area (Å²) in [5, 5.41) is 3.38. The van der Waals surface area contributed by atoms with Gasteiger partial charge in [-0.05, 0) is 24.6 Å². The molecule has 0 bridgehead atoms. The molecule has 1 aliphatic heterocycles. The van der Waals surface area contributed by atoms with Gasteiger partial charge in [0.25, 0.3) is 0 Å². The molecule has 3 nitrogen and oxygen atoms in total. The molecule has 0 aliphatic carbocycles. The smallest absolute Gasteiger partial charge is 0.118 e. The second-order valence-electron chi connectivity index (χ2n) is 4.24. The van der Waals surface area contributed by atoms with Crippen LogP contribution >= 0.6 is 24.8 Å². The second-order valence-corrected chi connectivity index (χ2v) is 4.24. The third kappa shape index (κ3) is 4.32. The molecule has 2 rings (SSSR count). The van der Waals surface area contributed by atoms with Crippen molar-refractivity contribution < 1.29 is 4.74 Å². The van der Waals surface area contributed by atoms with Crippen LogP contribution in [-0.4, -0.2) is 38.2 Å². The number of benzene rings is 1. The van der Waals surface area contributed by atoms with Gasteiger partial charge in [0.15, 0.2) is 0 Å². The minimum Gasteiger partial charge on any atom is -0.497 e. The normalized spacial score (nSPS) is 17.2. The lowest BCUT2D eigenvalue weighted by Gasteiger charge is -2.33. The minimum atomic E-state index is 0. The monoisotopic (exact) mass is 292 g/mol. The van der Waals surface area contributed by atoms with Crippen LogP contribution in [0.25, 0.3) is 0 Å². The topological polar surface area (TPSA) is 24.5 Å². The van der Waals surface area contributed by atoms with Crippen molar-refractivity contribution in [3.63, 3.8) is 0 Å². The number of halogens is 2. The highest BCUT2D eigenvalue weighted by Gasteiger charge is 2.17. The second kappa shape index (κ2) is 8.59. The summed E-state index contributed by atoms with van der Waals surface area (Å²) in [7, 11) is 1.70. The molecule has 1 aliphatic rings. The van der Waals surface area contributed by atoms with Gasteiger partial charge in [-0.1, -0.05) is 12.1 Å². The molecule has 1 N–H and O–H groups in total. The third-order valence-corrected chi connectivity index (χ3v) is 3.30. The van der Waals surface area contributed by atoms with Crippen LogP contribution in [-0.2, 0) is 0 Å². The lowest BCUT2D eigenvalue weighted by atomic mass is 10.1. The number of hydrogen-bond acceptors (Lipinski definition) is 3. The summed E-state index contributed by atoms with van der Waals surface area (Å²) in [6, 6.07) is 8.88. The van der Waals surface area contributed by atoms with Gasteiger partial charge in [0.2, 0.25) is 0 Å². The van der Waals surface area contributed by atoms with E-state index in [1.54, 1.807) is 7.11 Å². The van der Waals surface area contributed by atoms with E-state index in [-0.39, 0.29) is 24.8 Å². The number of nitrogens with zero attached hydrogens (tertiary/aromatic N) is 1. The Bertz CT molecular complexity index is 326. The number of ether oxygens (including phenoxy) is 1. The molecule has 18 heavy (non-hydrogen) atoms. The van der Waals surface area contributed by atoms with Crippen LogP contribution in [0.15, 0.2) is 24.3 Å². The van der Waals surface area contributed by atoms with E-state index >= 15 is 0 Å². The summed E-state index contributed by atoms with van der Waals surface area (Å²) in [6.07, 6.45) is 0. The highest BCUT2D eigenvalue weighted by molar-refractivity contribution is 5.85. The summed E-state index contributed by atoms with van der Waals surface area (Å²) in [6.45, 7) is 6.73. The average Bonchev–Trinajstić information content (AvgIpc) is 2.39. The standard InChI is InChI=1S/C13H20N2O.2ClH/c1-11(15-9-7-14-8-10-15)12-3-5-13(16-2)6-4-12;;/h3-6,11,14H,7-10H2,1-2H3;2*1H/t11-;;/m1../s1. The molecule has 1 saturated heterocycles. The maximum atomic E-state index is 5.17. The van der Waals surface area contributed by atoms with Crippen molar-refractivity contribution in [2.45, 2.75) is 13.0 Å². The van der Waals surface area contributed by atoms with Gasteiger partial charge >= 0.3 is 0 Å². The average molecular weight is 293 g/mol. The van der Waals surface area contributed by atoms with E-state index in [0.717, 1.165) is 31.9 Å². The largest absolute Gasteiger partial charge is 0.497 e. The number of nitrogens with one attached hydrogen (secondary N) is 1. The Balaban J connectivity index is 0.00000144. The van der Waals surface area contributed by atoms with Crippen molar-refractivity contribution in [2.24, 2.45) is 0 Å². The fraction of sp³-hybridized carbons (Fsp3) is 0.538. The summed E-state index contributed by atoms with van der Waals surface area (Å²) >= 11 is 0. The van der Waals surface area contributed by atoms with Gasteiger partial charge in [-0.2, -0.15) is 0 Å². The molecule has 0 spiro atoms. The van der Waals surface area contributed by atoms with E-state index in [1.165, 1.54) is 5.56 Å². The van der Waals surface area contributed by atoms with E-state index in [4.69, 9.17) is 4.74 Å². The van der Waals surface area contributed by atoms with Gasteiger partial charge in [-0.15, -0.1) is 24.8 Å². The first-order valence-corrected chi connectivity index (χ1v) is 5.90. The van der Waals surface area contributed by atoms with Gasteiger partial charge in [-0.3, -0.25) is 4.90 Å². The van der Waals surface area contributed by atoms with E-state index < -0.39 is 0 Å². The van der Waals surface area contributed by atoms with E-state index in [9.17, 15) is 0 Å². The quantitative estimate of drug-likeness (QED) is 0.926. The molecule has 0 radical (unpaired) electrons. The number of methoxy groups -OCH3 is 1. The van der Waals surface area contributed by atoms with Crippen molar-refractivity contribution in [3.05, 3.63) is 29.8 Å². The lowest BCUT2D eigenvalue weighted by Crippen LogP contribution is -2.44. The highest BCUT2D eigenvalue weighted by Crippen LogP contribution is 2.22. The summed E-state index contributed by atoms with van der Waals surface area (Å²) in [5.74, 6) is 0.927. The zero-order chi connectivity index (χ0) is 11.4.